The van der Waals surface area contributed by atoms with E-state index < -0.39 is 26.4 Å². The summed E-state index contributed by atoms with van der Waals surface area (Å²) in [6, 6.07) is 9.42. The van der Waals surface area contributed by atoms with Crippen molar-refractivity contribution in [2.45, 2.75) is 56.7 Å². The molecule has 1 aromatic carbocycles. The molecule has 0 fully saturated rings. The van der Waals surface area contributed by atoms with Gasteiger partial charge in [0.15, 0.2) is 0 Å². The first-order valence-electron chi connectivity index (χ1n) is 15.6. The molecule has 0 aliphatic carbocycles. The van der Waals surface area contributed by atoms with E-state index in [1.165, 1.54) is 16.7 Å². The van der Waals surface area contributed by atoms with Gasteiger partial charge in [0.25, 0.3) is 0 Å². The molecule has 0 aliphatic rings. The Morgan fingerprint density at radius 1 is 0.422 bits per heavy atom. The highest BCUT2D eigenvalue weighted by molar-refractivity contribution is 7.99. The minimum atomic E-state index is -2.50. The fraction of sp³-hybridized carbons (Fsp3) is 0.800. The van der Waals surface area contributed by atoms with Gasteiger partial charge in [-0.3, -0.25) is 0 Å². The number of benzene rings is 1. The molecule has 0 N–H and O–H groups in total. The molecule has 0 atom stereocenters. The van der Waals surface area contributed by atoms with E-state index in [0.717, 1.165) is 91.2 Å². The van der Waals surface area contributed by atoms with Crippen molar-refractivity contribution in [3.63, 3.8) is 0 Å². The van der Waals surface area contributed by atoms with E-state index in [1.807, 2.05) is 35.3 Å². The van der Waals surface area contributed by atoms with Crippen molar-refractivity contribution < 1.29 is 39.8 Å². The Morgan fingerprint density at radius 3 is 1.00 bits per heavy atom. The molecule has 264 valence electrons. The van der Waals surface area contributed by atoms with Crippen LogP contribution in [0.1, 0.15) is 36.0 Å². The SMILES string of the molecule is CO[Si](CCCSCCc1cccc(CCSCCC[Si](OC)(OC)OC)c1CCSCCC[Si](OC)(OC)OC)(OC)OC. The molecule has 1 rings (SSSR count). The van der Waals surface area contributed by atoms with E-state index in [2.05, 4.69) is 18.2 Å². The number of thioether (sulfide) groups is 3. The lowest BCUT2D eigenvalue weighted by Gasteiger charge is -2.24. The van der Waals surface area contributed by atoms with E-state index in [-0.39, 0.29) is 0 Å². The quantitative estimate of drug-likeness (QED) is 0.0654. The molecule has 0 saturated carbocycles. The fourth-order valence-electron chi connectivity index (χ4n) is 5.16. The number of hydrogen-bond donors (Lipinski definition) is 0. The third kappa shape index (κ3) is 15.8. The van der Waals surface area contributed by atoms with Gasteiger partial charge in [-0.05, 0) is 89.7 Å². The second-order valence-electron chi connectivity index (χ2n) is 10.3. The van der Waals surface area contributed by atoms with Crippen LogP contribution < -0.4 is 0 Å². The highest BCUT2D eigenvalue weighted by Crippen LogP contribution is 2.25. The van der Waals surface area contributed by atoms with Gasteiger partial charge in [-0.1, -0.05) is 18.2 Å². The lowest BCUT2D eigenvalue weighted by Crippen LogP contribution is -2.42. The van der Waals surface area contributed by atoms with Crippen LogP contribution in [-0.2, 0) is 59.1 Å². The van der Waals surface area contributed by atoms with Crippen molar-refractivity contribution in [3.05, 3.63) is 34.9 Å². The second kappa shape index (κ2) is 25.5. The summed E-state index contributed by atoms with van der Waals surface area (Å²) in [5.74, 6) is 6.51. The normalized spacial score (nSPS) is 12.7. The molecule has 0 bridgehead atoms. The van der Waals surface area contributed by atoms with E-state index >= 15 is 0 Å². The third-order valence-electron chi connectivity index (χ3n) is 8.01. The number of hydrogen-bond acceptors (Lipinski definition) is 12. The molecule has 0 heterocycles. The predicted octanol–water partition coefficient (Wildman–Crippen LogP) is 6.32. The van der Waals surface area contributed by atoms with Crippen LogP contribution in [0.5, 0.6) is 0 Å². The summed E-state index contributed by atoms with van der Waals surface area (Å²) >= 11 is 6.01. The molecule has 0 aromatic heterocycles. The maximum Gasteiger partial charge on any atom is 0.500 e. The molecule has 1 aromatic rings. The molecule has 9 nitrogen and oxygen atoms in total. The van der Waals surface area contributed by atoms with Gasteiger partial charge in [0.05, 0.1) is 0 Å². The zero-order valence-electron chi connectivity index (χ0n) is 29.2. The van der Waals surface area contributed by atoms with Gasteiger partial charge in [-0.2, -0.15) is 35.3 Å². The smallest absolute Gasteiger partial charge is 0.377 e. The Balaban J connectivity index is 2.72. The Bertz CT molecular complexity index is 805. The van der Waals surface area contributed by atoms with Gasteiger partial charge in [0.2, 0.25) is 0 Å². The van der Waals surface area contributed by atoms with Crippen LogP contribution >= 0.6 is 35.3 Å². The first-order chi connectivity index (χ1) is 21.8. The molecular formula is C30H60O9S3Si3. The van der Waals surface area contributed by atoms with Gasteiger partial charge < -0.3 is 39.8 Å². The Morgan fingerprint density at radius 2 is 0.711 bits per heavy atom. The lowest BCUT2D eigenvalue weighted by atomic mass is 9.96. The first kappa shape index (κ1) is 43.6. The molecule has 0 saturated heterocycles. The maximum absolute atomic E-state index is 5.58. The monoisotopic (exact) mass is 744 g/mol. The van der Waals surface area contributed by atoms with Crippen LogP contribution in [0.3, 0.4) is 0 Å². The predicted molar refractivity (Wildman–Crippen MR) is 198 cm³/mol. The van der Waals surface area contributed by atoms with E-state index in [1.54, 1.807) is 64.0 Å². The molecule has 0 unspecified atom stereocenters. The average molecular weight is 745 g/mol. The molecule has 0 amide bonds. The summed E-state index contributed by atoms with van der Waals surface area (Å²) in [6.07, 6.45) is 6.31. The van der Waals surface area contributed by atoms with E-state index in [9.17, 15) is 0 Å². The molecular weight excluding hydrogens is 685 g/mol. The highest BCUT2D eigenvalue weighted by atomic mass is 32.2. The standard InChI is InChI=1S/C30H60O9S3Si3/c1-31-43(32-2,33-3)25-11-19-40-22-16-28-14-10-15-29(17-23-41-20-12-26-44(34-4,35-5)36-6)30(28)18-24-42-21-13-27-45(37-7,38-8)39-9/h10,14-15H,11-13,16-27H2,1-9H3. The number of aryl methyl sites for hydroxylation is 2. The van der Waals surface area contributed by atoms with Gasteiger partial charge >= 0.3 is 26.4 Å². The van der Waals surface area contributed by atoms with E-state index in [4.69, 9.17) is 39.8 Å². The van der Waals surface area contributed by atoms with Crippen LogP contribution in [0.25, 0.3) is 0 Å². The van der Waals surface area contributed by atoms with Crippen LogP contribution in [0.4, 0.5) is 0 Å². The van der Waals surface area contributed by atoms with Gasteiger partial charge in [0, 0.05) is 82.1 Å². The van der Waals surface area contributed by atoms with Crippen molar-refractivity contribution in [3.8, 4) is 0 Å². The summed E-state index contributed by atoms with van der Waals surface area (Å²) in [4.78, 5) is 0. The van der Waals surface area contributed by atoms with Gasteiger partial charge in [0.1, 0.15) is 0 Å². The average Bonchev–Trinajstić information content (AvgIpc) is 3.09. The Kier molecular flexibility index (Phi) is 24.7. The Hall–Kier alpha value is 0.561. The van der Waals surface area contributed by atoms with Crippen LogP contribution in [-0.4, -0.2) is 125 Å². The molecule has 45 heavy (non-hydrogen) atoms. The van der Waals surface area contributed by atoms with Crippen molar-refractivity contribution in [1.82, 2.24) is 0 Å². The summed E-state index contributed by atoms with van der Waals surface area (Å²) in [5, 5.41) is 0. The second-order valence-corrected chi connectivity index (χ2v) is 23.3. The lowest BCUT2D eigenvalue weighted by molar-refractivity contribution is 0.123. The van der Waals surface area contributed by atoms with Gasteiger partial charge in [-0.25, -0.2) is 0 Å². The van der Waals surface area contributed by atoms with Crippen molar-refractivity contribution in [2.24, 2.45) is 0 Å². The molecule has 0 radical (unpaired) electrons. The number of rotatable bonds is 30. The topological polar surface area (TPSA) is 83.1 Å². The summed E-state index contributed by atoms with van der Waals surface area (Å²) in [5.41, 5.74) is 4.51. The van der Waals surface area contributed by atoms with E-state index in [0.29, 0.717) is 0 Å². The Labute approximate surface area is 290 Å². The zero-order valence-corrected chi connectivity index (χ0v) is 34.7. The van der Waals surface area contributed by atoms with Crippen molar-refractivity contribution in [2.75, 3.05) is 98.5 Å². The van der Waals surface area contributed by atoms with Crippen molar-refractivity contribution in [1.29, 1.82) is 0 Å². The molecule has 0 spiro atoms. The van der Waals surface area contributed by atoms with Crippen LogP contribution in [0.15, 0.2) is 18.2 Å². The first-order valence-corrected chi connectivity index (χ1v) is 24.9. The third-order valence-corrected chi connectivity index (χ3v) is 19.7. The highest BCUT2D eigenvalue weighted by Gasteiger charge is 2.38. The minimum Gasteiger partial charge on any atom is -0.377 e. The van der Waals surface area contributed by atoms with Crippen LogP contribution in [0, 0.1) is 0 Å². The summed E-state index contributed by atoms with van der Waals surface area (Å²) < 4.78 is 50.2. The summed E-state index contributed by atoms with van der Waals surface area (Å²) in [6.45, 7) is 0. The largest absolute Gasteiger partial charge is 0.500 e. The minimum absolute atomic E-state index is 0.839. The zero-order chi connectivity index (χ0) is 33.4. The molecule has 0 aliphatic heterocycles. The van der Waals surface area contributed by atoms with Crippen LogP contribution in [0.2, 0.25) is 18.1 Å². The van der Waals surface area contributed by atoms with Gasteiger partial charge in [-0.15, -0.1) is 0 Å². The maximum atomic E-state index is 5.58. The summed E-state index contributed by atoms with van der Waals surface area (Å²) in [7, 11) is 7.66. The fourth-order valence-corrected chi connectivity index (χ4v) is 13.8. The van der Waals surface area contributed by atoms with Crippen molar-refractivity contribution >= 4 is 61.7 Å². The molecule has 15 heteroatoms.